The van der Waals surface area contributed by atoms with E-state index in [1.54, 1.807) is 0 Å². The molecule has 2 amide bonds. The van der Waals surface area contributed by atoms with E-state index >= 15 is 0 Å². The van der Waals surface area contributed by atoms with Crippen molar-refractivity contribution in [2.45, 2.75) is 20.4 Å². The maximum absolute atomic E-state index is 13.6. The first-order valence-corrected chi connectivity index (χ1v) is 10.8. The van der Waals surface area contributed by atoms with Gasteiger partial charge in [-0.25, -0.2) is 0 Å². The molecule has 0 bridgehead atoms. The fraction of sp³-hybridized carbons (Fsp3) is 0.360. The first-order valence-electron chi connectivity index (χ1n) is 10.8. The lowest BCUT2D eigenvalue weighted by molar-refractivity contribution is -0.138. The van der Waals surface area contributed by atoms with Crippen molar-refractivity contribution in [2.75, 3.05) is 39.3 Å². The summed E-state index contributed by atoms with van der Waals surface area (Å²) < 4.78 is 0. The van der Waals surface area contributed by atoms with Crippen molar-refractivity contribution in [1.82, 2.24) is 14.7 Å². The van der Waals surface area contributed by atoms with Gasteiger partial charge in [-0.3, -0.25) is 19.4 Å². The number of rotatable bonds is 6. The number of hydrogen-bond donors (Lipinski definition) is 1. The number of carbonyl (C=O) groups excluding carboxylic acids is 2. The molecule has 0 saturated carbocycles. The van der Waals surface area contributed by atoms with Crippen LogP contribution in [-0.2, 0) is 16.1 Å². The quantitative estimate of drug-likeness (QED) is 0.728. The van der Waals surface area contributed by atoms with Gasteiger partial charge in [0.2, 0.25) is 0 Å². The van der Waals surface area contributed by atoms with E-state index < -0.39 is 0 Å². The molecule has 0 atom stereocenters. The molecule has 31 heavy (non-hydrogen) atoms. The SMILES string of the molecule is Cc1ccc(C2=C(N3CCN(CCO)CC3)C(=O)N(Cc3ccccc3)C2=O)c(C)c1. The van der Waals surface area contributed by atoms with Crippen LogP contribution in [0.5, 0.6) is 0 Å². The van der Waals surface area contributed by atoms with Crippen LogP contribution in [0.2, 0.25) is 0 Å². The lowest BCUT2D eigenvalue weighted by Crippen LogP contribution is -2.48. The number of carbonyl (C=O) groups is 2. The summed E-state index contributed by atoms with van der Waals surface area (Å²) in [6.45, 7) is 7.85. The van der Waals surface area contributed by atoms with Crippen molar-refractivity contribution in [3.8, 4) is 0 Å². The van der Waals surface area contributed by atoms with Crippen molar-refractivity contribution in [1.29, 1.82) is 0 Å². The summed E-state index contributed by atoms with van der Waals surface area (Å²) in [5, 5.41) is 9.22. The molecule has 2 aliphatic heterocycles. The van der Waals surface area contributed by atoms with Gasteiger partial charge < -0.3 is 10.0 Å². The Morgan fingerprint density at radius 2 is 1.61 bits per heavy atom. The summed E-state index contributed by atoms with van der Waals surface area (Å²) in [6.07, 6.45) is 0. The van der Waals surface area contributed by atoms with Crippen molar-refractivity contribution < 1.29 is 14.7 Å². The van der Waals surface area contributed by atoms with Gasteiger partial charge in [-0.1, -0.05) is 54.1 Å². The van der Waals surface area contributed by atoms with Crippen LogP contribution < -0.4 is 0 Å². The number of β-amino-alcohol motifs (C(OH)–C–C–N with tert-alkyl or cyclic N) is 1. The fourth-order valence-electron chi connectivity index (χ4n) is 4.44. The van der Waals surface area contributed by atoms with Gasteiger partial charge >= 0.3 is 0 Å². The van der Waals surface area contributed by atoms with E-state index in [9.17, 15) is 14.7 Å². The Labute approximate surface area is 183 Å². The Balaban J connectivity index is 1.71. The third kappa shape index (κ3) is 4.27. The number of aliphatic hydroxyl groups is 1. The predicted molar refractivity (Wildman–Crippen MR) is 120 cm³/mol. The molecule has 2 aromatic carbocycles. The molecule has 0 aliphatic carbocycles. The van der Waals surface area contributed by atoms with Gasteiger partial charge in [0.15, 0.2) is 0 Å². The van der Waals surface area contributed by atoms with Crippen LogP contribution in [0.3, 0.4) is 0 Å². The Hall–Kier alpha value is -2.96. The van der Waals surface area contributed by atoms with Crippen molar-refractivity contribution >= 4 is 17.4 Å². The summed E-state index contributed by atoms with van der Waals surface area (Å²) in [5.74, 6) is -0.451. The smallest absolute Gasteiger partial charge is 0.278 e. The van der Waals surface area contributed by atoms with E-state index in [0.29, 0.717) is 30.9 Å². The average Bonchev–Trinajstić information content (AvgIpc) is 3.00. The van der Waals surface area contributed by atoms with Crippen LogP contribution >= 0.6 is 0 Å². The second kappa shape index (κ2) is 9.04. The number of aliphatic hydroxyl groups excluding tert-OH is 1. The third-order valence-corrected chi connectivity index (χ3v) is 6.08. The Kier molecular flexibility index (Phi) is 6.20. The molecule has 2 heterocycles. The van der Waals surface area contributed by atoms with E-state index in [1.165, 1.54) is 4.90 Å². The van der Waals surface area contributed by atoms with Crippen LogP contribution in [0.4, 0.5) is 0 Å². The van der Waals surface area contributed by atoms with Crippen LogP contribution in [-0.4, -0.2) is 71.0 Å². The molecule has 0 unspecified atom stereocenters. The molecule has 162 valence electrons. The standard InChI is InChI=1S/C25H29N3O3/c1-18-8-9-21(19(2)16-18)22-23(27-12-10-26(11-13-27)14-15-29)25(31)28(24(22)30)17-20-6-4-3-5-7-20/h3-9,16,29H,10-15,17H2,1-2H3. The predicted octanol–water partition coefficient (Wildman–Crippen LogP) is 2.19. The minimum atomic E-state index is -0.228. The highest BCUT2D eigenvalue weighted by Gasteiger charge is 2.42. The molecule has 1 N–H and O–H groups in total. The van der Waals surface area contributed by atoms with Gasteiger partial charge in [0.05, 0.1) is 18.7 Å². The van der Waals surface area contributed by atoms with E-state index in [2.05, 4.69) is 11.0 Å². The number of amides is 2. The van der Waals surface area contributed by atoms with Gasteiger partial charge in [0.1, 0.15) is 5.70 Å². The third-order valence-electron chi connectivity index (χ3n) is 6.08. The van der Waals surface area contributed by atoms with Crippen molar-refractivity contribution in [3.63, 3.8) is 0 Å². The zero-order valence-corrected chi connectivity index (χ0v) is 18.2. The molecule has 6 heteroatoms. The second-order valence-corrected chi connectivity index (χ2v) is 8.28. The fourth-order valence-corrected chi connectivity index (χ4v) is 4.44. The van der Waals surface area contributed by atoms with Crippen molar-refractivity contribution in [3.05, 3.63) is 76.5 Å². The highest BCUT2D eigenvalue weighted by Crippen LogP contribution is 2.34. The lowest BCUT2D eigenvalue weighted by Gasteiger charge is -2.36. The maximum atomic E-state index is 13.6. The number of imide groups is 1. The average molecular weight is 420 g/mol. The van der Waals surface area contributed by atoms with E-state index in [-0.39, 0.29) is 25.0 Å². The van der Waals surface area contributed by atoms with Gasteiger partial charge in [-0.05, 0) is 30.5 Å². The molecule has 2 aliphatic rings. The summed E-state index contributed by atoms with van der Waals surface area (Å²) in [5.41, 5.74) is 4.89. The molecule has 6 nitrogen and oxygen atoms in total. The first kappa shape index (κ1) is 21.3. The number of aryl methyl sites for hydroxylation is 2. The number of nitrogens with zero attached hydrogens (tertiary/aromatic N) is 3. The van der Waals surface area contributed by atoms with Gasteiger partial charge in [0, 0.05) is 32.7 Å². The van der Waals surface area contributed by atoms with E-state index in [4.69, 9.17) is 0 Å². The number of piperazine rings is 1. The minimum Gasteiger partial charge on any atom is -0.395 e. The van der Waals surface area contributed by atoms with E-state index in [1.807, 2.05) is 61.2 Å². The molecule has 0 radical (unpaired) electrons. The van der Waals surface area contributed by atoms with E-state index in [0.717, 1.165) is 35.3 Å². The Morgan fingerprint density at radius 1 is 0.903 bits per heavy atom. The summed E-state index contributed by atoms with van der Waals surface area (Å²) >= 11 is 0. The van der Waals surface area contributed by atoms with Crippen LogP contribution in [0.25, 0.3) is 5.57 Å². The lowest BCUT2D eigenvalue weighted by atomic mass is 9.97. The van der Waals surface area contributed by atoms with Crippen LogP contribution in [0, 0.1) is 13.8 Å². The van der Waals surface area contributed by atoms with Crippen LogP contribution in [0.1, 0.15) is 22.3 Å². The summed E-state index contributed by atoms with van der Waals surface area (Å²) in [6, 6.07) is 15.6. The Bertz CT molecular complexity index is 1010. The molecule has 1 saturated heterocycles. The van der Waals surface area contributed by atoms with Gasteiger partial charge in [0.25, 0.3) is 11.8 Å². The summed E-state index contributed by atoms with van der Waals surface area (Å²) in [4.78, 5) is 32.7. The highest BCUT2D eigenvalue weighted by atomic mass is 16.3. The normalized spacial score (nSPS) is 17.8. The highest BCUT2D eigenvalue weighted by molar-refractivity contribution is 6.35. The monoisotopic (exact) mass is 419 g/mol. The molecule has 1 fully saturated rings. The number of hydrogen-bond acceptors (Lipinski definition) is 5. The van der Waals surface area contributed by atoms with Crippen molar-refractivity contribution in [2.24, 2.45) is 0 Å². The summed E-state index contributed by atoms with van der Waals surface area (Å²) in [7, 11) is 0. The molecule has 0 aromatic heterocycles. The molecular formula is C25H29N3O3. The maximum Gasteiger partial charge on any atom is 0.278 e. The topological polar surface area (TPSA) is 64.1 Å². The molecule has 4 rings (SSSR count). The van der Waals surface area contributed by atoms with Crippen LogP contribution in [0.15, 0.2) is 54.2 Å². The largest absolute Gasteiger partial charge is 0.395 e. The van der Waals surface area contributed by atoms with Gasteiger partial charge in [-0.15, -0.1) is 0 Å². The molecular weight excluding hydrogens is 390 g/mol. The second-order valence-electron chi connectivity index (χ2n) is 8.28. The van der Waals surface area contributed by atoms with Gasteiger partial charge in [-0.2, -0.15) is 0 Å². The minimum absolute atomic E-state index is 0.124. The zero-order chi connectivity index (χ0) is 22.0. The zero-order valence-electron chi connectivity index (χ0n) is 18.2. The Morgan fingerprint density at radius 3 is 2.26 bits per heavy atom. The molecule has 2 aromatic rings. The number of benzene rings is 2. The first-order chi connectivity index (χ1) is 15.0. The molecule has 0 spiro atoms.